The highest BCUT2D eigenvalue weighted by molar-refractivity contribution is 5.96. The summed E-state index contributed by atoms with van der Waals surface area (Å²) >= 11 is 0. The van der Waals surface area contributed by atoms with Gasteiger partial charge in [0.2, 0.25) is 0 Å². The van der Waals surface area contributed by atoms with Gasteiger partial charge < -0.3 is 19.5 Å². The fourth-order valence-electron chi connectivity index (χ4n) is 4.79. The molecule has 1 aromatic heterocycles. The summed E-state index contributed by atoms with van der Waals surface area (Å²) in [6.45, 7) is 4.81. The summed E-state index contributed by atoms with van der Waals surface area (Å²) in [5, 5.41) is 10.2. The molecule has 0 spiro atoms. The molecule has 0 bridgehead atoms. The number of fused-ring (bicyclic) bond motifs is 1. The van der Waals surface area contributed by atoms with Crippen molar-refractivity contribution < 1.29 is 14.7 Å². The Morgan fingerprint density at radius 1 is 1.00 bits per heavy atom. The number of carbonyl (C=O) groups is 2. The van der Waals surface area contributed by atoms with E-state index >= 15 is 0 Å². The van der Waals surface area contributed by atoms with Crippen molar-refractivity contribution in [2.24, 2.45) is 7.05 Å². The summed E-state index contributed by atoms with van der Waals surface area (Å²) in [6, 6.07) is 13.6. The van der Waals surface area contributed by atoms with Crippen LogP contribution in [0.2, 0.25) is 0 Å². The van der Waals surface area contributed by atoms with E-state index in [1.54, 1.807) is 11.2 Å². The third-order valence-corrected chi connectivity index (χ3v) is 6.75. The summed E-state index contributed by atoms with van der Waals surface area (Å²) in [6.07, 6.45) is 2.87. The summed E-state index contributed by atoms with van der Waals surface area (Å²) in [7, 11) is 1.97. The standard InChI is InChI=1S/C25H28N4O3/c1-16-13-28(24(31)25(32)10-11-25)14-17(2)29(16)23(30)19-6-4-18(5-7-19)20-8-9-22-21(12-20)26-15-27(22)3/h4-9,12,15-17,32H,10-11,13-14H2,1-3H3/t16-,17+. The minimum atomic E-state index is -1.17. The van der Waals surface area contributed by atoms with Gasteiger partial charge in [0.1, 0.15) is 5.60 Å². The quantitative estimate of drug-likeness (QED) is 0.690. The summed E-state index contributed by atoms with van der Waals surface area (Å²) in [5.41, 5.74) is 3.57. The molecule has 0 unspecified atom stereocenters. The van der Waals surface area contributed by atoms with Crippen LogP contribution in [0.4, 0.5) is 0 Å². The van der Waals surface area contributed by atoms with Crippen molar-refractivity contribution >= 4 is 22.8 Å². The SMILES string of the molecule is C[C@@H]1CN(C(=O)C2(O)CC2)C[C@H](C)N1C(=O)c1ccc(-c2ccc3c(c2)ncn3C)cc1. The number of aryl methyl sites for hydroxylation is 1. The molecule has 2 fully saturated rings. The van der Waals surface area contributed by atoms with E-state index in [4.69, 9.17) is 0 Å². The van der Waals surface area contributed by atoms with Gasteiger partial charge in [-0.1, -0.05) is 18.2 Å². The fraction of sp³-hybridized carbons (Fsp3) is 0.400. The van der Waals surface area contributed by atoms with Crippen molar-refractivity contribution in [3.63, 3.8) is 0 Å². The normalized spacial score (nSPS) is 22.2. The summed E-state index contributed by atoms with van der Waals surface area (Å²) in [4.78, 5) is 33.8. The second-order valence-electron chi connectivity index (χ2n) is 9.29. The predicted octanol–water partition coefficient (Wildman–Crippen LogP) is 2.83. The third-order valence-electron chi connectivity index (χ3n) is 6.75. The van der Waals surface area contributed by atoms with Crippen molar-refractivity contribution in [3.8, 4) is 11.1 Å². The topological polar surface area (TPSA) is 78.7 Å². The highest BCUT2D eigenvalue weighted by Crippen LogP contribution is 2.37. The molecule has 2 aliphatic rings. The molecule has 2 amide bonds. The molecule has 1 saturated heterocycles. The van der Waals surface area contributed by atoms with Crippen LogP contribution in [0.5, 0.6) is 0 Å². The number of nitrogens with zero attached hydrogens (tertiary/aromatic N) is 4. The molecule has 7 nitrogen and oxygen atoms in total. The maximum atomic E-state index is 13.3. The number of imidazole rings is 1. The number of piperazine rings is 1. The van der Waals surface area contributed by atoms with Crippen molar-refractivity contribution in [1.29, 1.82) is 0 Å². The first-order valence-corrected chi connectivity index (χ1v) is 11.1. The number of carbonyl (C=O) groups excluding carboxylic acids is 2. The van der Waals surface area contributed by atoms with Gasteiger partial charge in [-0.3, -0.25) is 9.59 Å². The Bertz CT molecular complexity index is 1180. The second kappa shape index (κ2) is 7.45. The van der Waals surface area contributed by atoms with Crippen molar-refractivity contribution in [3.05, 3.63) is 54.4 Å². The van der Waals surface area contributed by atoms with Gasteiger partial charge in [0.15, 0.2) is 0 Å². The monoisotopic (exact) mass is 432 g/mol. The number of hydrogen-bond acceptors (Lipinski definition) is 4. The molecule has 32 heavy (non-hydrogen) atoms. The maximum absolute atomic E-state index is 13.3. The van der Waals surface area contributed by atoms with E-state index in [1.165, 1.54) is 0 Å². The van der Waals surface area contributed by atoms with Crippen molar-refractivity contribution in [2.75, 3.05) is 13.1 Å². The molecule has 5 rings (SSSR count). The Balaban J connectivity index is 1.32. The van der Waals surface area contributed by atoms with Crippen LogP contribution >= 0.6 is 0 Å². The van der Waals surface area contributed by atoms with E-state index in [-0.39, 0.29) is 23.9 Å². The van der Waals surface area contributed by atoms with Crippen LogP contribution < -0.4 is 0 Å². The molecule has 1 N–H and O–H groups in total. The number of hydrogen-bond donors (Lipinski definition) is 1. The van der Waals surface area contributed by atoms with Crippen LogP contribution in [0.3, 0.4) is 0 Å². The number of rotatable bonds is 3. The highest BCUT2D eigenvalue weighted by Gasteiger charge is 2.51. The van der Waals surface area contributed by atoms with Gasteiger partial charge in [0.25, 0.3) is 11.8 Å². The summed E-state index contributed by atoms with van der Waals surface area (Å²) < 4.78 is 1.99. The van der Waals surface area contributed by atoms with Crippen LogP contribution in [0, 0.1) is 0 Å². The van der Waals surface area contributed by atoms with Crippen LogP contribution in [0.15, 0.2) is 48.8 Å². The van der Waals surface area contributed by atoms with Crippen molar-refractivity contribution in [1.82, 2.24) is 19.4 Å². The molecule has 2 heterocycles. The average Bonchev–Trinajstić information content (AvgIpc) is 3.44. The molecular weight excluding hydrogens is 404 g/mol. The fourth-order valence-corrected chi connectivity index (χ4v) is 4.79. The summed E-state index contributed by atoms with van der Waals surface area (Å²) in [5.74, 6) is -0.230. The first-order valence-electron chi connectivity index (χ1n) is 11.1. The Morgan fingerprint density at radius 3 is 2.25 bits per heavy atom. The molecule has 1 saturated carbocycles. The smallest absolute Gasteiger partial charge is 0.254 e. The number of aromatic nitrogens is 2. The molecule has 1 aliphatic carbocycles. The lowest BCUT2D eigenvalue weighted by Crippen LogP contribution is -2.61. The predicted molar refractivity (Wildman–Crippen MR) is 122 cm³/mol. The van der Waals surface area contributed by atoms with Gasteiger partial charge in [0.05, 0.1) is 17.4 Å². The van der Waals surface area contributed by atoms with E-state index in [2.05, 4.69) is 23.2 Å². The lowest BCUT2D eigenvalue weighted by Gasteiger charge is -2.45. The zero-order chi connectivity index (χ0) is 22.6. The minimum Gasteiger partial charge on any atom is -0.380 e. The number of benzene rings is 2. The molecule has 2 aromatic carbocycles. The maximum Gasteiger partial charge on any atom is 0.254 e. The van der Waals surface area contributed by atoms with Gasteiger partial charge in [-0.05, 0) is 62.1 Å². The molecule has 3 aromatic rings. The minimum absolute atomic E-state index is 0.0334. The molecule has 2 atom stereocenters. The van der Waals surface area contributed by atoms with Gasteiger partial charge in [-0.25, -0.2) is 4.98 Å². The van der Waals surface area contributed by atoms with E-state index < -0.39 is 5.60 Å². The van der Waals surface area contributed by atoms with Crippen LogP contribution in [-0.2, 0) is 11.8 Å². The lowest BCUT2D eigenvalue weighted by atomic mass is 10.0. The Kier molecular flexibility index (Phi) is 4.82. The number of aliphatic hydroxyl groups is 1. The Labute approximate surface area is 187 Å². The van der Waals surface area contributed by atoms with Gasteiger partial charge in [0, 0.05) is 37.8 Å². The average molecular weight is 433 g/mol. The first kappa shape index (κ1) is 20.7. The molecule has 0 radical (unpaired) electrons. The van der Waals surface area contributed by atoms with Crippen LogP contribution in [-0.4, -0.2) is 67.0 Å². The number of amides is 2. The molecular formula is C25H28N4O3. The Morgan fingerprint density at radius 2 is 1.62 bits per heavy atom. The second-order valence-corrected chi connectivity index (χ2v) is 9.29. The zero-order valence-electron chi connectivity index (χ0n) is 18.7. The van der Waals surface area contributed by atoms with E-state index in [1.807, 2.05) is 54.6 Å². The Hall–Kier alpha value is -3.19. The van der Waals surface area contributed by atoms with E-state index in [9.17, 15) is 14.7 Å². The zero-order valence-corrected chi connectivity index (χ0v) is 18.7. The van der Waals surface area contributed by atoms with Crippen LogP contribution in [0.1, 0.15) is 37.0 Å². The lowest BCUT2D eigenvalue weighted by molar-refractivity contribution is -0.146. The van der Waals surface area contributed by atoms with E-state index in [0.717, 1.165) is 22.2 Å². The van der Waals surface area contributed by atoms with Gasteiger partial charge in [-0.2, -0.15) is 0 Å². The molecule has 1 aliphatic heterocycles. The van der Waals surface area contributed by atoms with Gasteiger partial charge in [-0.15, -0.1) is 0 Å². The van der Waals surface area contributed by atoms with Crippen molar-refractivity contribution in [2.45, 2.75) is 44.4 Å². The third kappa shape index (κ3) is 3.46. The van der Waals surface area contributed by atoms with Crippen LogP contribution in [0.25, 0.3) is 22.2 Å². The first-order chi connectivity index (χ1) is 15.3. The van der Waals surface area contributed by atoms with Gasteiger partial charge >= 0.3 is 0 Å². The molecule has 166 valence electrons. The largest absolute Gasteiger partial charge is 0.380 e. The highest BCUT2D eigenvalue weighted by atomic mass is 16.3. The molecule has 7 heteroatoms. The van der Waals surface area contributed by atoms with E-state index in [0.29, 0.717) is 31.5 Å².